The molecule has 2 atom stereocenters. The van der Waals surface area contributed by atoms with Gasteiger partial charge in [0.05, 0.1) is 6.61 Å². The van der Waals surface area contributed by atoms with Crippen LogP contribution in [0.15, 0.2) is 0 Å². The molecule has 1 spiro atoms. The maximum absolute atomic E-state index is 9.32. The molecule has 2 fully saturated rings. The monoisotopic (exact) mass is 198 g/mol. The number of aliphatic hydroxyl groups excluding tert-OH is 1. The second-order valence-corrected chi connectivity index (χ2v) is 5.18. The number of likely N-dealkylation sites (tertiary alicyclic amines) is 1. The van der Waals surface area contributed by atoms with Crippen LogP contribution >= 0.6 is 0 Å². The summed E-state index contributed by atoms with van der Waals surface area (Å²) in [6.45, 7) is 4.48. The summed E-state index contributed by atoms with van der Waals surface area (Å²) in [5, 5.41) is 9.32. The van der Waals surface area contributed by atoms with Crippen molar-refractivity contribution in [1.82, 2.24) is 4.90 Å². The largest absolute Gasteiger partial charge is 0.395 e. The molecule has 1 saturated heterocycles. The van der Waals surface area contributed by atoms with Crippen molar-refractivity contribution < 1.29 is 5.11 Å². The number of rotatable bonds is 3. The third-order valence-electron chi connectivity index (χ3n) is 3.91. The zero-order valence-corrected chi connectivity index (χ0v) is 9.08. The maximum Gasteiger partial charge on any atom is 0.0601 e. The van der Waals surface area contributed by atoms with Crippen LogP contribution in [-0.2, 0) is 0 Å². The Labute approximate surface area is 86.3 Å². The summed E-state index contributed by atoms with van der Waals surface area (Å²) in [5.41, 5.74) is 6.51. The minimum Gasteiger partial charge on any atom is -0.395 e. The van der Waals surface area contributed by atoms with E-state index in [2.05, 4.69) is 4.90 Å². The van der Waals surface area contributed by atoms with Crippen molar-refractivity contribution in [2.45, 2.75) is 44.7 Å². The van der Waals surface area contributed by atoms with Gasteiger partial charge in [-0.15, -0.1) is 0 Å². The number of nitrogens with zero attached hydrogens (tertiary/aromatic N) is 1. The van der Waals surface area contributed by atoms with Crippen LogP contribution < -0.4 is 5.73 Å². The Morgan fingerprint density at radius 2 is 2.14 bits per heavy atom. The molecule has 3 N–H and O–H groups in total. The molecule has 3 nitrogen and oxygen atoms in total. The highest BCUT2D eigenvalue weighted by molar-refractivity contribution is 4.99. The first-order valence-electron chi connectivity index (χ1n) is 5.77. The minimum atomic E-state index is 0.0777. The predicted octanol–water partition coefficient (Wildman–Crippen LogP) is 0.570. The van der Waals surface area contributed by atoms with E-state index in [1.54, 1.807) is 0 Å². The van der Waals surface area contributed by atoms with Gasteiger partial charge in [-0.25, -0.2) is 0 Å². The molecule has 2 aliphatic rings. The van der Waals surface area contributed by atoms with Crippen LogP contribution in [0.4, 0.5) is 0 Å². The lowest BCUT2D eigenvalue weighted by Gasteiger charge is -2.39. The van der Waals surface area contributed by atoms with Crippen LogP contribution in [0.2, 0.25) is 0 Å². The van der Waals surface area contributed by atoms with E-state index in [4.69, 9.17) is 5.73 Å². The van der Waals surface area contributed by atoms with Crippen molar-refractivity contribution in [3.05, 3.63) is 0 Å². The summed E-state index contributed by atoms with van der Waals surface area (Å²) in [6, 6.07) is 0.252. The van der Waals surface area contributed by atoms with E-state index in [-0.39, 0.29) is 18.7 Å². The zero-order valence-electron chi connectivity index (χ0n) is 9.08. The highest BCUT2D eigenvalue weighted by Crippen LogP contribution is 2.52. The molecule has 3 heteroatoms. The Bertz CT molecular complexity index is 201. The van der Waals surface area contributed by atoms with E-state index >= 15 is 0 Å². The average Bonchev–Trinajstić information content (AvgIpc) is 2.85. The Balaban J connectivity index is 1.95. The average molecular weight is 198 g/mol. The summed E-state index contributed by atoms with van der Waals surface area (Å²) in [4.78, 5) is 2.40. The molecule has 1 aliphatic heterocycles. The van der Waals surface area contributed by atoms with Gasteiger partial charge in [0, 0.05) is 18.6 Å². The maximum atomic E-state index is 9.32. The normalized spacial score (nSPS) is 30.2. The molecule has 0 aromatic carbocycles. The summed E-state index contributed by atoms with van der Waals surface area (Å²) in [7, 11) is 0. The molecular formula is C11H22N2O. The third-order valence-corrected chi connectivity index (χ3v) is 3.91. The van der Waals surface area contributed by atoms with Gasteiger partial charge in [-0.2, -0.15) is 0 Å². The summed E-state index contributed by atoms with van der Waals surface area (Å²) >= 11 is 0. The highest BCUT2D eigenvalue weighted by atomic mass is 16.3. The van der Waals surface area contributed by atoms with Crippen molar-refractivity contribution in [3.63, 3.8) is 0 Å². The molecule has 0 aromatic rings. The molecule has 0 bridgehead atoms. The Kier molecular flexibility index (Phi) is 2.82. The molecule has 14 heavy (non-hydrogen) atoms. The van der Waals surface area contributed by atoms with Gasteiger partial charge in [0.2, 0.25) is 0 Å². The van der Waals surface area contributed by atoms with Crippen molar-refractivity contribution >= 4 is 0 Å². The fraction of sp³-hybridized carbons (Fsp3) is 1.00. The lowest BCUT2D eigenvalue weighted by atomic mass is 9.93. The topological polar surface area (TPSA) is 49.5 Å². The van der Waals surface area contributed by atoms with Gasteiger partial charge in [-0.3, -0.25) is 4.90 Å². The SMILES string of the molecule is CC(N)C(CO)N1CCCC2(CC2)C1. The standard InChI is InChI=1S/C11H22N2O/c1-9(12)10(7-14)13-6-2-3-11(8-13)4-5-11/h9-10,14H,2-8,12H2,1H3. The summed E-state index contributed by atoms with van der Waals surface area (Å²) in [5.74, 6) is 0. The Hall–Kier alpha value is -0.120. The fourth-order valence-electron chi connectivity index (χ4n) is 2.73. The van der Waals surface area contributed by atoms with Gasteiger partial charge in [-0.1, -0.05) is 0 Å². The first kappa shape index (κ1) is 10.4. The van der Waals surface area contributed by atoms with Gasteiger partial charge in [0.15, 0.2) is 0 Å². The molecule has 1 saturated carbocycles. The lowest BCUT2D eigenvalue weighted by Crippen LogP contribution is -2.52. The van der Waals surface area contributed by atoms with Gasteiger partial charge in [0.1, 0.15) is 0 Å². The molecule has 1 heterocycles. The van der Waals surface area contributed by atoms with Crippen LogP contribution in [0.5, 0.6) is 0 Å². The van der Waals surface area contributed by atoms with E-state index in [0.717, 1.165) is 6.54 Å². The van der Waals surface area contributed by atoms with E-state index in [1.807, 2.05) is 6.92 Å². The number of hydrogen-bond acceptors (Lipinski definition) is 3. The van der Waals surface area contributed by atoms with E-state index in [1.165, 1.54) is 32.2 Å². The summed E-state index contributed by atoms with van der Waals surface area (Å²) < 4.78 is 0. The Morgan fingerprint density at radius 3 is 2.64 bits per heavy atom. The molecule has 2 rings (SSSR count). The molecule has 0 amide bonds. The zero-order chi connectivity index (χ0) is 10.2. The molecule has 0 radical (unpaired) electrons. The molecule has 2 unspecified atom stereocenters. The number of hydrogen-bond donors (Lipinski definition) is 2. The van der Waals surface area contributed by atoms with E-state index in [9.17, 15) is 5.11 Å². The molecule has 0 aromatic heterocycles. The van der Waals surface area contributed by atoms with E-state index < -0.39 is 0 Å². The smallest absolute Gasteiger partial charge is 0.0601 e. The lowest BCUT2D eigenvalue weighted by molar-refractivity contribution is 0.0617. The van der Waals surface area contributed by atoms with Crippen molar-refractivity contribution in [2.24, 2.45) is 11.1 Å². The van der Waals surface area contributed by atoms with Gasteiger partial charge >= 0.3 is 0 Å². The Morgan fingerprint density at radius 1 is 1.43 bits per heavy atom. The highest BCUT2D eigenvalue weighted by Gasteiger charge is 2.46. The first-order chi connectivity index (χ1) is 6.67. The second-order valence-electron chi connectivity index (χ2n) is 5.18. The predicted molar refractivity (Wildman–Crippen MR) is 57.0 cm³/mol. The van der Waals surface area contributed by atoms with Crippen molar-refractivity contribution in [1.29, 1.82) is 0 Å². The molecule has 82 valence electrons. The van der Waals surface area contributed by atoms with Crippen LogP contribution in [0, 0.1) is 5.41 Å². The van der Waals surface area contributed by atoms with Gasteiger partial charge in [0.25, 0.3) is 0 Å². The van der Waals surface area contributed by atoms with Crippen LogP contribution in [0.25, 0.3) is 0 Å². The van der Waals surface area contributed by atoms with Crippen molar-refractivity contribution in [3.8, 4) is 0 Å². The third kappa shape index (κ3) is 1.95. The minimum absolute atomic E-state index is 0.0777. The van der Waals surface area contributed by atoms with Crippen molar-refractivity contribution in [2.75, 3.05) is 19.7 Å². The number of aliphatic hydroxyl groups is 1. The first-order valence-corrected chi connectivity index (χ1v) is 5.77. The van der Waals surface area contributed by atoms with Crippen LogP contribution in [0.3, 0.4) is 0 Å². The molecule has 1 aliphatic carbocycles. The van der Waals surface area contributed by atoms with Crippen LogP contribution in [-0.4, -0.2) is 41.8 Å². The number of nitrogens with two attached hydrogens (primary N) is 1. The summed E-state index contributed by atoms with van der Waals surface area (Å²) in [6.07, 6.45) is 5.45. The quantitative estimate of drug-likeness (QED) is 0.697. The second kappa shape index (κ2) is 3.80. The van der Waals surface area contributed by atoms with Gasteiger partial charge < -0.3 is 10.8 Å². The van der Waals surface area contributed by atoms with E-state index in [0.29, 0.717) is 5.41 Å². The molecular weight excluding hydrogens is 176 g/mol. The van der Waals surface area contributed by atoms with Gasteiger partial charge in [-0.05, 0) is 44.6 Å². The number of piperidine rings is 1. The van der Waals surface area contributed by atoms with Crippen LogP contribution in [0.1, 0.15) is 32.6 Å². The fourth-order valence-corrected chi connectivity index (χ4v) is 2.73.